The van der Waals surface area contributed by atoms with Crippen LogP contribution in [0.3, 0.4) is 0 Å². The topological polar surface area (TPSA) is 85.7 Å². The van der Waals surface area contributed by atoms with Crippen LogP contribution in [-0.2, 0) is 6.42 Å². The summed E-state index contributed by atoms with van der Waals surface area (Å²) in [6.45, 7) is 0.463. The molecule has 0 saturated carbocycles. The van der Waals surface area contributed by atoms with E-state index in [-0.39, 0.29) is 29.8 Å². The van der Waals surface area contributed by atoms with Crippen molar-refractivity contribution in [2.45, 2.75) is 6.42 Å². The van der Waals surface area contributed by atoms with E-state index in [4.69, 9.17) is 14.9 Å². The molecule has 3 aromatic rings. The lowest BCUT2D eigenvalue weighted by atomic mass is 10.2. The molecule has 0 amide bonds. The van der Waals surface area contributed by atoms with Gasteiger partial charge in [0.15, 0.2) is 5.96 Å². The molecule has 27 heavy (non-hydrogen) atoms. The lowest BCUT2D eigenvalue weighted by Gasteiger charge is -2.06. The number of ether oxygens (including phenoxy) is 1. The number of nitrogens with one attached hydrogen (secondary N) is 1. The Bertz CT molecular complexity index is 879. The normalized spacial score (nSPS) is 11.0. The molecule has 0 saturated heterocycles. The Labute approximate surface area is 173 Å². The van der Waals surface area contributed by atoms with Crippen molar-refractivity contribution in [1.82, 2.24) is 4.98 Å². The van der Waals surface area contributed by atoms with Crippen molar-refractivity contribution in [3.63, 3.8) is 0 Å². The number of halogens is 2. The van der Waals surface area contributed by atoms with E-state index in [9.17, 15) is 4.39 Å². The summed E-state index contributed by atoms with van der Waals surface area (Å²) in [6.07, 6.45) is 2.15. The molecular weight excluding hydrogens is 462 g/mol. The highest BCUT2D eigenvalue weighted by atomic mass is 127. The highest BCUT2D eigenvalue weighted by Gasteiger charge is 2.06. The summed E-state index contributed by atoms with van der Waals surface area (Å²) in [5, 5.41) is 3.01. The highest BCUT2D eigenvalue weighted by molar-refractivity contribution is 14.0. The maximum Gasteiger partial charge on any atom is 0.226 e. The Balaban J connectivity index is 0.00000261. The predicted molar refractivity (Wildman–Crippen MR) is 114 cm³/mol. The quantitative estimate of drug-likeness (QED) is 0.314. The summed E-state index contributed by atoms with van der Waals surface area (Å²) >= 11 is 0. The first kappa shape index (κ1) is 20.7. The van der Waals surface area contributed by atoms with Gasteiger partial charge in [-0.3, -0.25) is 4.99 Å². The van der Waals surface area contributed by atoms with Gasteiger partial charge >= 0.3 is 0 Å². The van der Waals surface area contributed by atoms with Crippen molar-refractivity contribution < 1.29 is 13.5 Å². The number of rotatable bonds is 6. The average molecular weight is 482 g/mol. The van der Waals surface area contributed by atoms with Crippen LogP contribution in [0, 0.1) is 5.82 Å². The number of nitrogens with two attached hydrogens (primary N) is 1. The first-order valence-corrected chi connectivity index (χ1v) is 8.05. The van der Waals surface area contributed by atoms with E-state index < -0.39 is 0 Å². The second kappa shape index (κ2) is 9.91. The number of aliphatic imine (C=N–C) groups is 1. The molecule has 142 valence electrons. The third-order valence-electron chi connectivity index (χ3n) is 3.66. The number of nitrogens with zero attached hydrogens (tertiary/aromatic N) is 2. The monoisotopic (exact) mass is 482 g/mol. The molecule has 6 nitrogen and oxygen atoms in total. The first-order valence-electron chi connectivity index (χ1n) is 8.05. The molecule has 0 aliphatic heterocycles. The molecule has 1 heterocycles. The maximum atomic E-state index is 13.0. The summed E-state index contributed by atoms with van der Waals surface area (Å²) < 4.78 is 23.5. The van der Waals surface area contributed by atoms with Crippen LogP contribution in [0.5, 0.6) is 5.75 Å². The Morgan fingerprint density at radius 1 is 1.19 bits per heavy atom. The minimum atomic E-state index is -0.297. The van der Waals surface area contributed by atoms with E-state index in [0.717, 1.165) is 22.7 Å². The molecule has 1 aromatic heterocycles. The Hall–Kier alpha value is -2.62. The van der Waals surface area contributed by atoms with E-state index >= 15 is 0 Å². The highest BCUT2D eigenvalue weighted by Crippen LogP contribution is 2.19. The third-order valence-corrected chi connectivity index (χ3v) is 3.66. The van der Waals surface area contributed by atoms with Crippen LogP contribution in [0.2, 0.25) is 0 Å². The smallest absolute Gasteiger partial charge is 0.226 e. The number of hydrogen-bond acceptors (Lipinski definition) is 4. The molecule has 0 radical (unpaired) electrons. The number of hydrogen-bond donors (Lipinski definition) is 2. The summed E-state index contributed by atoms with van der Waals surface area (Å²) in [4.78, 5) is 8.65. The van der Waals surface area contributed by atoms with Gasteiger partial charge in [-0.15, -0.1) is 24.0 Å². The van der Waals surface area contributed by atoms with Gasteiger partial charge in [-0.05, 0) is 48.5 Å². The van der Waals surface area contributed by atoms with Crippen molar-refractivity contribution in [2.24, 2.45) is 10.7 Å². The lowest BCUT2D eigenvalue weighted by molar-refractivity contribution is 0.415. The van der Waals surface area contributed by atoms with E-state index in [0.29, 0.717) is 24.8 Å². The average Bonchev–Trinajstić information content (AvgIpc) is 3.12. The molecule has 0 fully saturated rings. The van der Waals surface area contributed by atoms with Crippen molar-refractivity contribution >= 4 is 35.6 Å². The second-order valence-electron chi connectivity index (χ2n) is 5.52. The number of oxazole rings is 1. The van der Waals surface area contributed by atoms with Crippen LogP contribution in [0.15, 0.2) is 64.2 Å². The third kappa shape index (κ3) is 5.95. The largest absolute Gasteiger partial charge is 0.497 e. The zero-order valence-electron chi connectivity index (χ0n) is 14.7. The molecule has 8 heteroatoms. The van der Waals surface area contributed by atoms with Crippen LogP contribution in [-0.4, -0.2) is 24.6 Å². The maximum absolute atomic E-state index is 13.0. The van der Waals surface area contributed by atoms with Crippen LogP contribution >= 0.6 is 24.0 Å². The number of anilines is 1. The zero-order chi connectivity index (χ0) is 18.4. The molecule has 2 aromatic carbocycles. The SMILES string of the molecule is COc1ccc(NC(N)=NCCc2coc(-c3ccc(F)cc3)n2)cc1.I. The zero-order valence-corrected chi connectivity index (χ0v) is 17.0. The number of benzene rings is 2. The molecule has 0 atom stereocenters. The molecule has 0 aliphatic rings. The molecule has 0 aliphatic carbocycles. The summed E-state index contributed by atoms with van der Waals surface area (Å²) in [6, 6.07) is 13.4. The van der Waals surface area contributed by atoms with Crippen LogP contribution in [0.4, 0.5) is 10.1 Å². The molecule has 0 unspecified atom stereocenters. The summed E-state index contributed by atoms with van der Waals surface area (Å²) in [5.41, 5.74) is 8.18. The molecule has 0 spiro atoms. The van der Waals surface area contributed by atoms with E-state index in [1.807, 2.05) is 24.3 Å². The van der Waals surface area contributed by atoms with Gasteiger partial charge in [0.25, 0.3) is 0 Å². The fourth-order valence-electron chi connectivity index (χ4n) is 2.30. The Kier molecular flexibility index (Phi) is 7.59. The van der Waals surface area contributed by atoms with Gasteiger partial charge in [-0.2, -0.15) is 0 Å². The van der Waals surface area contributed by atoms with Gasteiger partial charge in [0, 0.05) is 24.2 Å². The van der Waals surface area contributed by atoms with Crippen molar-refractivity contribution in [3.05, 3.63) is 66.3 Å². The van der Waals surface area contributed by atoms with Gasteiger partial charge in [-0.1, -0.05) is 0 Å². The molecule has 3 N–H and O–H groups in total. The number of aromatic nitrogens is 1. The Morgan fingerprint density at radius 3 is 2.56 bits per heavy atom. The van der Waals surface area contributed by atoms with Crippen molar-refractivity contribution in [1.29, 1.82) is 0 Å². The predicted octanol–water partition coefficient (Wildman–Crippen LogP) is 4.08. The van der Waals surface area contributed by atoms with E-state index in [1.165, 1.54) is 12.1 Å². The lowest BCUT2D eigenvalue weighted by Crippen LogP contribution is -2.23. The number of methoxy groups -OCH3 is 1. The molecular formula is C19H20FIN4O2. The fourth-order valence-corrected chi connectivity index (χ4v) is 2.30. The van der Waals surface area contributed by atoms with Crippen molar-refractivity contribution in [3.8, 4) is 17.2 Å². The minimum Gasteiger partial charge on any atom is -0.497 e. The van der Waals surface area contributed by atoms with E-state index in [2.05, 4.69) is 15.3 Å². The van der Waals surface area contributed by atoms with Gasteiger partial charge in [0.2, 0.25) is 5.89 Å². The van der Waals surface area contributed by atoms with E-state index in [1.54, 1.807) is 25.5 Å². The van der Waals surface area contributed by atoms with Crippen LogP contribution in [0.1, 0.15) is 5.69 Å². The second-order valence-corrected chi connectivity index (χ2v) is 5.52. The van der Waals surface area contributed by atoms with Crippen molar-refractivity contribution in [2.75, 3.05) is 19.0 Å². The number of guanidine groups is 1. The fraction of sp³-hybridized carbons (Fsp3) is 0.158. The van der Waals surface area contributed by atoms with Gasteiger partial charge < -0.3 is 20.2 Å². The first-order chi connectivity index (χ1) is 12.6. The summed E-state index contributed by atoms with van der Waals surface area (Å²) in [5.74, 6) is 1.24. The van der Waals surface area contributed by atoms with Gasteiger partial charge in [0.05, 0.1) is 12.8 Å². The van der Waals surface area contributed by atoms with Gasteiger partial charge in [-0.25, -0.2) is 9.37 Å². The van der Waals surface area contributed by atoms with Crippen LogP contribution < -0.4 is 15.8 Å². The summed E-state index contributed by atoms with van der Waals surface area (Å²) in [7, 11) is 1.61. The minimum absolute atomic E-state index is 0. The standard InChI is InChI=1S/C19H19FN4O2.HI/c1-25-17-8-6-15(7-9-17)24-19(21)22-11-10-16-12-26-18(23-16)13-2-4-14(20)5-3-13;/h2-9,12H,10-11H2,1H3,(H3,21,22,24);1H. The molecule has 0 bridgehead atoms. The Morgan fingerprint density at radius 2 is 1.89 bits per heavy atom. The van der Waals surface area contributed by atoms with Crippen LogP contribution in [0.25, 0.3) is 11.5 Å². The van der Waals surface area contributed by atoms with Gasteiger partial charge in [0.1, 0.15) is 17.8 Å². The molecule has 3 rings (SSSR count).